The van der Waals surface area contributed by atoms with Gasteiger partial charge in [-0.1, -0.05) is 27.7 Å². The zero-order valence-corrected chi connectivity index (χ0v) is 12.9. The van der Waals surface area contributed by atoms with E-state index >= 15 is 0 Å². The molecule has 1 atom stereocenters. The number of rotatable bonds is 5. The van der Waals surface area contributed by atoms with Crippen LogP contribution >= 0.6 is 0 Å². The van der Waals surface area contributed by atoms with Gasteiger partial charge in [-0.15, -0.1) is 0 Å². The van der Waals surface area contributed by atoms with Crippen molar-refractivity contribution >= 4 is 0 Å². The number of halogens is 4. The molecule has 0 fully saturated rings. The molecular weight excluding hydrogens is 282 g/mol. The van der Waals surface area contributed by atoms with Crippen LogP contribution in [0.2, 0.25) is 0 Å². The Labute approximate surface area is 123 Å². The van der Waals surface area contributed by atoms with Crippen LogP contribution in [0, 0.1) is 11.2 Å². The second kappa shape index (κ2) is 6.77. The molecule has 0 saturated carbocycles. The number of hydrogen-bond donors (Lipinski definition) is 1. The molecule has 1 aromatic rings. The number of hydrogen-bond acceptors (Lipinski definition) is 1. The van der Waals surface area contributed by atoms with Crippen LogP contribution in [0.1, 0.15) is 57.7 Å². The van der Waals surface area contributed by atoms with Gasteiger partial charge in [-0.2, -0.15) is 13.2 Å². The van der Waals surface area contributed by atoms with E-state index in [4.69, 9.17) is 0 Å². The van der Waals surface area contributed by atoms with Crippen molar-refractivity contribution in [2.75, 3.05) is 6.54 Å². The zero-order chi connectivity index (χ0) is 16.3. The molecule has 0 aliphatic heterocycles. The highest BCUT2D eigenvalue weighted by Crippen LogP contribution is 2.34. The van der Waals surface area contributed by atoms with Crippen LogP contribution in [0.3, 0.4) is 0 Å². The van der Waals surface area contributed by atoms with Gasteiger partial charge >= 0.3 is 6.18 Å². The molecule has 1 unspecified atom stereocenters. The largest absolute Gasteiger partial charge is 0.416 e. The van der Waals surface area contributed by atoms with Gasteiger partial charge in [-0.05, 0) is 43.0 Å². The average molecular weight is 305 g/mol. The molecule has 0 aliphatic rings. The third-order valence-electron chi connectivity index (χ3n) is 3.33. The third kappa shape index (κ3) is 5.65. The Kier molecular flexibility index (Phi) is 5.79. The second-order valence-electron chi connectivity index (χ2n) is 6.44. The van der Waals surface area contributed by atoms with Crippen LogP contribution < -0.4 is 5.32 Å². The highest BCUT2D eigenvalue weighted by atomic mass is 19.4. The van der Waals surface area contributed by atoms with Crippen LogP contribution in [0.25, 0.3) is 0 Å². The predicted octanol–water partition coefficient (Wildman–Crippen LogP) is 5.32. The monoisotopic (exact) mass is 305 g/mol. The average Bonchev–Trinajstić information content (AvgIpc) is 2.33. The summed E-state index contributed by atoms with van der Waals surface area (Å²) in [7, 11) is 0. The quantitative estimate of drug-likeness (QED) is 0.726. The van der Waals surface area contributed by atoms with E-state index in [9.17, 15) is 17.6 Å². The van der Waals surface area contributed by atoms with Crippen molar-refractivity contribution in [1.82, 2.24) is 5.32 Å². The summed E-state index contributed by atoms with van der Waals surface area (Å²) >= 11 is 0. The van der Waals surface area contributed by atoms with E-state index in [1.165, 1.54) is 0 Å². The smallest absolute Gasteiger partial charge is 0.310 e. The van der Waals surface area contributed by atoms with Crippen LogP contribution in [0.4, 0.5) is 17.6 Å². The van der Waals surface area contributed by atoms with Crippen molar-refractivity contribution in [3.05, 3.63) is 35.1 Å². The molecule has 21 heavy (non-hydrogen) atoms. The first kappa shape index (κ1) is 18.0. The van der Waals surface area contributed by atoms with Crippen molar-refractivity contribution in [3.63, 3.8) is 0 Å². The molecule has 1 nitrogen and oxygen atoms in total. The summed E-state index contributed by atoms with van der Waals surface area (Å²) in [5.41, 5.74) is -0.667. The lowest BCUT2D eigenvalue weighted by molar-refractivity contribution is -0.137. The first-order valence-electron chi connectivity index (χ1n) is 7.14. The van der Waals surface area contributed by atoms with Crippen LogP contribution in [0.5, 0.6) is 0 Å². The number of alkyl halides is 3. The summed E-state index contributed by atoms with van der Waals surface area (Å²) < 4.78 is 52.3. The maximum absolute atomic E-state index is 13.9. The lowest BCUT2D eigenvalue weighted by Crippen LogP contribution is -2.24. The molecule has 1 N–H and O–H groups in total. The maximum atomic E-state index is 13.9. The molecule has 0 saturated heterocycles. The van der Waals surface area contributed by atoms with Gasteiger partial charge in [-0.25, -0.2) is 4.39 Å². The Morgan fingerprint density at radius 3 is 2.24 bits per heavy atom. The van der Waals surface area contributed by atoms with Gasteiger partial charge in [0.15, 0.2) is 0 Å². The van der Waals surface area contributed by atoms with Crippen molar-refractivity contribution in [1.29, 1.82) is 0 Å². The second-order valence-corrected chi connectivity index (χ2v) is 6.44. The Hall–Kier alpha value is -1.10. The van der Waals surface area contributed by atoms with E-state index in [0.29, 0.717) is 13.0 Å². The fraction of sp³-hybridized carbons (Fsp3) is 0.625. The Morgan fingerprint density at radius 1 is 1.14 bits per heavy atom. The molecule has 0 radical (unpaired) electrons. The van der Waals surface area contributed by atoms with Gasteiger partial charge in [0.1, 0.15) is 5.82 Å². The summed E-state index contributed by atoms with van der Waals surface area (Å²) in [6.45, 7) is 8.59. The minimum atomic E-state index is -4.46. The van der Waals surface area contributed by atoms with E-state index in [0.717, 1.165) is 24.6 Å². The molecular formula is C16H23F4N. The minimum absolute atomic E-state index is 0.0474. The highest BCUT2D eigenvalue weighted by molar-refractivity contribution is 5.29. The number of nitrogens with one attached hydrogen (secondary N) is 1. The van der Waals surface area contributed by atoms with Crippen molar-refractivity contribution in [2.24, 2.45) is 5.41 Å². The Bertz CT molecular complexity index is 460. The summed E-state index contributed by atoms with van der Waals surface area (Å²) in [6, 6.07) is 2.20. The minimum Gasteiger partial charge on any atom is -0.310 e. The summed E-state index contributed by atoms with van der Waals surface area (Å²) in [4.78, 5) is 0. The molecule has 0 amide bonds. The van der Waals surface area contributed by atoms with Gasteiger partial charge in [0.2, 0.25) is 0 Å². The van der Waals surface area contributed by atoms with Crippen molar-refractivity contribution in [3.8, 4) is 0 Å². The molecule has 120 valence electrons. The lowest BCUT2D eigenvalue weighted by Gasteiger charge is -2.25. The molecule has 1 rings (SSSR count). The lowest BCUT2D eigenvalue weighted by atomic mass is 9.86. The molecule has 0 aliphatic carbocycles. The normalized spacial score (nSPS) is 14.3. The Morgan fingerprint density at radius 2 is 1.76 bits per heavy atom. The van der Waals surface area contributed by atoms with E-state index in [2.05, 4.69) is 26.1 Å². The van der Waals surface area contributed by atoms with Crippen LogP contribution in [-0.2, 0) is 6.18 Å². The molecule has 0 aromatic heterocycles. The predicted molar refractivity (Wildman–Crippen MR) is 76.5 cm³/mol. The summed E-state index contributed by atoms with van der Waals surface area (Å²) in [5.74, 6) is -0.595. The maximum Gasteiger partial charge on any atom is 0.416 e. The van der Waals surface area contributed by atoms with Gasteiger partial charge < -0.3 is 5.32 Å². The van der Waals surface area contributed by atoms with Crippen LogP contribution in [0.15, 0.2) is 18.2 Å². The van der Waals surface area contributed by atoms with E-state index in [-0.39, 0.29) is 11.0 Å². The fourth-order valence-corrected chi connectivity index (χ4v) is 2.18. The first-order valence-corrected chi connectivity index (χ1v) is 7.14. The fourth-order valence-electron chi connectivity index (χ4n) is 2.18. The first-order chi connectivity index (χ1) is 9.54. The summed E-state index contributed by atoms with van der Waals surface area (Å²) in [5, 5.41) is 3.08. The van der Waals surface area contributed by atoms with Gasteiger partial charge in [0.05, 0.1) is 5.56 Å². The topological polar surface area (TPSA) is 12.0 Å². The van der Waals surface area contributed by atoms with Gasteiger partial charge in [0, 0.05) is 11.6 Å². The van der Waals surface area contributed by atoms with Crippen molar-refractivity contribution in [2.45, 2.75) is 52.8 Å². The molecule has 0 bridgehead atoms. The molecule has 1 aromatic carbocycles. The number of benzene rings is 1. The Balaban J connectivity index is 3.06. The zero-order valence-electron chi connectivity index (χ0n) is 12.9. The van der Waals surface area contributed by atoms with E-state index < -0.39 is 23.6 Å². The molecule has 5 heteroatoms. The van der Waals surface area contributed by atoms with Crippen molar-refractivity contribution < 1.29 is 17.6 Å². The van der Waals surface area contributed by atoms with E-state index in [1.807, 2.05) is 6.92 Å². The van der Waals surface area contributed by atoms with Crippen LogP contribution in [-0.4, -0.2) is 6.54 Å². The van der Waals surface area contributed by atoms with Gasteiger partial charge in [0.25, 0.3) is 0 Å². The molecule has 0 heterocycles. The third-order valence-corrected chi connectivity index (χ3v) is 3.33. The standard InChI is InChI=1S/C16H23F4N/c1-5-21-14(8-9-15(2,3)4)12-10-11(16(18,19)20)6-7-13(12)17/h6-7,10,14,21H,5,8-9H2,1-4H3. The summed E-state index contributed by atoms with van der Waals surface area (Å²) in [6.07, 6.45) is -3.07. The SMILES string of the molecule is CCNC(CCC(C)(C)C)c1cc(C(F)(F)F)ccc1F. The van der Waals surface area contributed by atoms with E-state index in [1.54, 1.807) is 0 Å². The van der Waals surface area contributed by atoms with Gasteiger partial charge in [-0.3, -0.25) is 0 Å². The highest BCUT2D eigenvalue weighted by Gasteiger charge is 2.32. The molecule has 0 spiro atoms.